The van der Waals surface area contributed by atoms with E-state index in [4.69, 9.17) is 0 Å². The summed E-state index contributed by atoms with van der Waals surface area (Å²) in [7, 11) is 0. The Bertz CT molecular complexity index is 308. The molecule has 5 heteroatoms. The van der Waals surface area contributed by atoms with Crippen LogP contribution in [-0.4, -0.2) is 45.1 Å². The summed E-state index contributed by atoms with van der Waals surface area (Å²) in [5.41, 5.74) is 0. The average Bonchev–Trinajstić information content (AvgIpc) is 2.72. The van der Waals surface area contributed by atoms with Gasteiger partial charge in [-0.1, -0.05) is 0 Å². The van der Waals surface area contributed by atoms with Gasteiger partial charge in [0.15, 0.2) is 0 Å². The first-order valence-corrected chi connectivity index (χ1v) is 7.94. The van der Waals surface area contributed by atoms with Crippen LogP contribution < -0.4 is 5.32 Å². The number of rotatable bonds is 5. The van der Waals surface area contributed by atoms with Gasteiger partial charge in [0.2, 0.25) is 0 Å². The van der Waals surface area contributed by atoms with Gasteiger partial charge in [-0.2, -0.15) is 23.5 Å². The minimum Gasteiger partial charge on any atom is -0.334 e. The zero-order valence-electron chi connectivity index (χ0n) is 9.69. The summed E-state index contributed by atoms with van der Waals surface area (Å²) >= 11 is 4.20. The molecule has 0 saturated carbocycles. The fourth-order valence-electron chi connectivity index (χ4n) is 1.76. The second kappa shape index (κ2) is 6.57. The number of imidazole rings is 1. The monoisotopic (exact) mass is 257 g/mol. The van der Waals surface area contributed by atoms with E-state index in [2.05, 4.69) is 38.4 Å². The normalized spacial score (nSPS) is 21.2. The minimum atomic E-state index is 0.808. The van der Waals surface area contributed by atoms with E-state index in [0.717, 1.165) is 30.7 Å². The summed E-state index contributed by atoms with van der Waals surface area (Å²) in [6.07, 6.45) is 3.91. The van der Waals surface area contributed by atoms with E-state index in [0.29, 0.717) is 0 Å². The quantitative estimate of drug-likeness (QED) is 0.812. The highest BCUT2D eigenvalue weighted by Gasteiger charge is 2.13. The lowest BCUT2D eigenvalue weighted by Crippen LogP contribution is -2.31. The molecule has 2 rings (SSSR count). The third kappa shape index (κ3) is 3.71. The van der Waals surface area contributed by atoms with Gasteiger partial charge in [0, 0.05) is 54.5 Å². The van der Waals surface area contributed by atoms with Gasteiger partial charge in [-0.25, -0.2) is 4.98 Å². The van der Waals surface area contributed by atoms with Gasteiger partial charge < -0.3 is 9.88 Å². The molecule has 0 spiro atoms. The number of nitrogens with one attached hydrogen (secondary N) is 1. The van der Waals surface area contributed by atoms with Crippen LogP contribution in [0.4, 0.5) is 0 Å². The highest BCUT2D eigenvalue weighted by Crippen LogP contribution is 2.23. The van der Waals surface area contributed by atoms with Crippen molar-refractivity contribution in [1.29, 1.82) is 0 Å². The number of aryl methyl sites for hydroxylation is 1. The molecule has 16 heavy (non-hydrogen) atoms. The summed E-state index contributed by atoms with van der Waals surface area (Å²) in [4.78, 5) is 4.21. The van der Waals surface area contributed by atoms with Crippen LogP contribution in [0.3, 0.4) is 0 Å². The molecule has 1 aromatic rings. The highest BCUT2D eigenvalue weighted by atomic mass is 32.2. The molecule has 0 amide bonds. The van der Waals surface area contributed by atoms with Crippen LogP contribution in [-0.2, 0) is 6.54 Å². The van der Waals surface area contributed by atoms with Crippen LogP contribution in [0.25, 0.3) is 0 Å². The van der Waals surface area contributed by atoms with Crippen LogP contribution >= 0.6 is 23.5 Å². The second-order valence-electron chi connectivity index (χ2n) is 3.94. The smallest absolute Gasteiger partial charge is 0.105 e. The van der Waals surface area contributed by atoms with Crippen LogP contribution in [0.15, 0.2) is 12.4 Å². The Morgan fingerprint density at radius 2 is 2.50 bits per heavy atom. The molecule has 1 atom stereocenters. The number of thioether (sulfide) groups is 2. The summed E-state index contributed by atoms with van der Waals surface area (Å²) in [5, 5.41) is 4.35. The zero-order chi connectivity index (χ0) is 11.2. The van der Waals surface area contributed by atoms with Gasteiger partial charge in [0.1, 0.15) is 5.82 Å². The van der Waals surface area contributed by atoms with E-state index in [1.54, 1.807) is 0 Å². The number of nitrogens with zero attached hydrogens (tertiary/aromatic N) is 2. The van der Waals surface area contributed by atoms with E-state index >= 15 is 0 Å². The number of hydrogen-bond acceptors (Lipinski definition) is 4. The molecule has 2 heterocycles. The number of hydrogen-bond donors (Lipinski definition) is 1. The maximum Gasteiger partial charge on any atom is 0.105 e. The molecule has 0 radical (unpaired) electrons. The van der Waals surface area contributed by atoms with Crippen molar-refractivity contribution in [2.45, 2.75) is 18.7 Å². The third-order valence-corrected chi connectivity index (χ3v) is 5.55. The van der Waals surface area contributed by atoms with Crippen molar-refractivity contribution >= 4 is 23.5 Å². The Hall–Kier alpha value is -0.130. The van der Waals surface area contributed by atoms with Gasteiger partial charge in [0.25, 0.3) is 0 Å². The molecule has 0 aliphatic carbocycles. The molecule has 90 valence electrons. The van der Waals surface area contributed by atoms with Gasteiger partial charge in [-0.3, -0.25) is 0 Å². The molecule has 0 bridgehead atoms. The van der Waals surface area contributed by atoms with E-state index < -0.39 is 0 Å². The Balaban J connectivity index is 1.59. The predicted molar refractivity (Wildman–Crippen MR) is 73.4 cm³/mol. The van der Waals surface area contributed by atoms with Crippen molar-refractivity contribution in [3.63, 3.8) is 0 Å². The van der Waals surface area contributed by atoms with Gasteiger partial charge in [-0.05, 0) is 6.92 Å². The minimum absolute atomic E-state index is 0.808. The SMILES string of the molecule is Cc1nccn1CCNCC1CSCCS1. The lowest BCUT2D eigenvalue weighted by Gasteiger charge is -2.21. The Kier molecular flexibility index (Phi) is 5.06. The molecule has 1 N–H and O–H groups in total. The number of aromatic nitrogens is 2. The molecular weight excluding hydrogens is 238 g/mol. The van der Waals surface area contributed by atoms with E-state index in [9.17, 15) is 0 Å². The Morgan fingerprint density at radius 1 is 1.56 bits per heavy atom. The first-order valence-electron chi connectivity index (χ1n) is 5.74. The van der Waals surface area contributed by atoms with E-state index in [-0.39, 0.29) is 0 Å². The second-order valence-corrected chi connectivity index (χ2v) is 6.50. The highest BCUT2D eigenvalue weighted by molar-refractivity contribution is 8.06. The third-order valence-electron chi connectivity index (χ3n) is 2.71. The van der Waals surface area contributed by atoms with Gasteiger partial charge in [-0.15, -0.1) is 0 Å². The zero-order valence-corrected chi connectivity index (χ0v) is 11.3. The maximum absolute atomic E-state index is 4.21. The Labute approximate surface area is 106 Å². The fraction of sp³-hybridized carbons (Fsp3) is 0.727. The summed E-state index contributed by atoms with van der Waals surface area (Å²) < 4.78 is 2.19. The first kappa shape index (κ1) is 12.3. The van der Waals surface area contributed by atoms with Crippen LogP contribution in [0.1, 0.15) is 5.82 Å². The van der Waals surface area contributed by atoms with Crippen LogP contribution in [0.2, 0.25) is 0 Å². The van der Waals surface area contributed by atoms with Crippen LogP contribution in [0, 0.1) is 6.92 Å². The Morgan fingerprint density at radius 3 is 3.19 bits per heavy atom. The van der Waals surface area contributed by atoms with Crippen molar-refractivity contribution in [1.82, 2.24) is 14.9 Å². The molecule has 1 saturated heterocycles. The lowest BCUT2D eigenvalue weighted by atomic mass is 10.4. The summed E-state index contributed by atoms with van der Waals surface area (Å²) in [6.45, 7) is 5.26. The molecule has 1 aromatic heterocycles. The lowest BCUT2D eigenvalue weighted by molar-refractivity contribution is 0.589. The predicted octanol–water partition coefficient (Wildman–Crippen LogP) is 1.63. The van der Waals surface area contributed by atoms with Crippen LogP contribution in [0.5, 0.6) is 0 Å². The van der Waals surface area contributed by atoms with Crippen molar-refractivity contribution in [3.8, 4) is 0 Å². The van der Waals surface area contributed by atoms with Crippen molar-refractivity contribution < 1.29 is 0 Å². The maximum atomic E-state index is 4.21. The topological polar surface area (TPSA) is 29.9 Å². The first-order chi connectivity index (χ1) is 7.86. The molecule has 3 nitrogen and oxygen atoms in total. The van der Waals surface area contributed by atoms with E-state index in [1.165, 1.54) is 17.3 Å². The molecule has 0 aromatic carbocycles. The largest absolute Gasteiger partial charge is 0.334 e. The fourth-order valence-corrected chi connectivity index (χ4v) is 4.40. The van der Waals surface area contributed by atoms with E-state index in [1.807, 2.05) is 19.3 Å². The average molecular weight is 257 g/mol. The van der Waals surface area contributed by atoms with Crippen molar-refractivity contribution in [2.24, 2.45) is 0 Å². The van der Waals surface area contributed by atoms with Gasteiger partial charge in [0.05, 0.1) is 0 Å². The van der Waals surface area contributed by atoms with Crippen molar-refractivity contribution in [3.05, 3.63) is 18.2 Å². The summed E-state index contributed by atoms with van der Waals surface area (Å²) in [6, 6.07) is 0. The molecular formula is C11H19N3S2. The molecule has 1 unspecified atom stereocenters. The molecule has 1 aliphatic rings. The molecule has 1 fully saturated rings. The molecule has 1 aliphatic heterocycles. The van der Waals surface area contributed by atoms with Gasteiger partial charge >= 0.3 is 0 Å². The standard InChI is InChI=1S/C11H19N3S2/c1-10-13-3-5-14(10)4-2-12-8-11-9-15-6-7-16-11/h3,5,11-12H,2,4,6-9H2,1H3. The summed E-state index contributed by atoms with van der Waals surface area (Å²) in [5.74, 6) is 5.05. The van der Waals surface area contributed by atoms with Crippen molar-refractivity contribution in [2.75, 3.05) is 30.3 Å².